The summed E-state index contributed by atoms with van der Waals surface area (Å²) in [7, 11) is 1.28. The average molecular weight is 586 g/mol. The van der Waals surface area contributed by atoms with Crippen LogP contribution in [0.2, 0.25) is 5.02 Å². The summed E-state index contributed by atoms with van der Waals surface area (Å²) >= 11 is 6.43. The van der Waals surface area contributed by atoms with Crippen LogP contribution in [0.4, 0.5) is 32.3 Å². The molecule has 0 radical (unpaired) electrons. The number of hydrogen-bond donors (Lipinski definition) is 1. The van der Waals surface area contributed by atoms with Crippen molar-refractivity contribution in [1.29, 1.82) is 0 Å². The van der Waals surface area contributed by atoms with Crippen LogP contribution in [0.15, 0.2) is 48.7 Å². The number of hydrogen-bond acceptors (Lipinski definition) is 5. The van der Waals surface area contributed by atoms with Gasteiger partial charge in [0.05, 0.1) is 22.4 Å². The first kappa shape index (κ1) is 29.6. The van der Waals surface area contributed by atoms with Crippen molar-refractivity contribution in [2.24, 2.45) is 0 Å². The number of benzene rings is 2. The smallest absolute Gasteiger partial charge is 0.338 e. The van der Waals surface area contributed by atoms with E-state index in [0.29, 0.717) is 41.8 Å². The summed E-state index contributed by atoms with van der Waals surface area (Å²) in [5.41, 5.74) is -2.62. The van der Waals surface area contributed by atoms with Crippen molar-refractivity contribution in [3.63, 3.8) is 0 Å². The Morgan fingerprint density at radius 3 is 2.15 bits per heavy atom. The number of rotatable bonds is 5. The molecule has 3 aromatic rings. The number of nitrogens with zero attached hydrogens (tertiary/aromatic N) is 4. The van der Waals surface area contributed by atoms with Gasteiger partial charge >= 0.3 is 12.4 Å². The quantitative estimate of drug-likeness (QED) is 0.357. The molecule has 40 heavy (non-hydrogen) atoms. The summed E-state index contributed by atoms with van der Waals surface area (Å²) in [4.78, 5) is 25.6. The molecule has 1 aliphatic heterocycles. The third-order valence-corrected chi connectivity index (χ3v) is 6.72. The topological polar surface area (TPSA) is 61.4 Å². The molecule has 6 nitrogen and oxygen atoms in total. The minimum absolute atomic E-state index is 0.00129. The van der Waals surface area contributed by atoms with Gasteiger partial charge in [-0.2, -0.15) is 26.3 Å². The van der Waals surface area contributed by atoms with Gasteiger partial charge in [0.15, 0.2) is 0 Å². The van der Waals surface area contributed by atoms with Crippen molar-refractivity contribution in [3.8, 4) is 11.3 Å². The summed E-state index contributed by atoms with van der Waals surface area (Å²) in [6, 6.07) is 8.23. The van der Waals surface area contributed by atoms with E-state index in [9.17, 15) is 31.1 Å². The number of halogens is 7. The van der Waals surface area contributed by atoms with Gasteiger partial charge < -0.3 is 15.1 Å². The number of amides is 1. The van der Waals surface area contributed by atoms with Crippen molar-refractivity contribution in [2.75, 3.05) is 25.0 Å². The molecule has 2 atom stereocenters. The molecule has 0 spiro atoms. The Hall–Kier alpha value is -3.38. The zero-order valence-electron chi connectivity index (χ0n) is 21.7. The summed E-state index contributed by atoms with van der Waals surface area (Å²) in [6.45, 7) is 4.72. The lowest BCUT2D eigenvalue weighted by atomic mass is 10.0. The minimum Gasteiger partial charge on any atom is -0.338 e. The van der Waals surface area contributed by atoms with Crippen LogP contribution in [-0.4, -0.2) is 53.0 Å². The molecular weight excluding hydrogens is 560 g/mol. The molecule has 0 saturated carbocycles. The van der Waals surface area contributed by atoms with E-state index >= 15 is 0 Å². The van der Waals surface area contributed by atoms with Gasteiger partial charge in [-0.1, -0.05) is 29.8 Å². The highest BCUT2D eigenvalue weighted by Gasteiger charge is 2.37. The van der Waals surface area contributed by atoms with Gasteiger partial charge in [0.2, 0.25) is 5.95 Å². The van der Waals surface area contributed by atoms with Crippen LogP contribution in [0, 0.1) is 0 Å². The van der Waals surface area contributed by atoms with Crippen LogP contribution in [0.3, 0.4) is 0 Å². The molecule has 214 valence electrons. The molecule has 0 aliphatic carbocycles. The van der Waals surface area contributed by atoms with E-state index in [2.05, 4.69) is 15.3 Å². The molecule has 13 heteroatoms. The third-order valence-electron chi connectivity index (χ3n) is 6.39. The molecule has 2 aromatic carbocycles. The fraction of sp³-hybridized carbons (Fsp3) is 0.370. The zero-order valence-corrected chi connectivity index (χ0v) is 22.5. The van der Waals surface area contributed by atoms with E-state index < -0.39 is 35.9 Å². The Bertz CT molecular complexity index is 1350. The SMILES string of the molecule is CC1CN(c2ncc(C(=O)N(C)Cc3cc(C(F)(F)F)cc(C(F)(F)F)c3)c(-c3ccccc3Cl)n2)CC(C)N1. The van der Waals surface area contributed by atoms with Crippen molar-refractivity contribution in [1.82, 2.24) is 20.2 Å². The van der Waals surface area contributed by atoms with Crippen LogP contribution in [0.5, 0.6) is 0 Å². The molecule has 2 heterocycles. The second-order valence-corrected chi connectivity index (χ2v) is 10.3. The van der Waals surface area contributed by atoms with E-state index in [-0.39, 0.29) is 35.0 Å². The fourth-order valence-electron chi connectivity index (χ4n) is 4.69. The summed E-state index contributed by atoms with van der Waals surface area (Å²) in [5.74, 6) is -0.337. The Balaban J connectivity index is 1.72. The number of alkyl halides is 6. The first-order valence-corrected chi connectivity index (χ1v) is 12.7. The highest BCUT2D eigenvalue weighted by Crippen LogP contribution is 2.37. The number of piperazine rings is 1. The van der Waals surface area contributed by atoms with E-state index in [0.717, 1.165) is 4.90 Å². The van der Waals surface area contributed by atoms with Crippen molar-refractivity contribution in [2.45, 2.75) is 44.8 Å². The van der Waals surface area contributed by atoms with Crippen LogP contribution in [-0.2, 0) is 18.9 Å². The molecule has 1 amide bonds. The summed E-state index contributed by atoms with van der Waals surface area (Å²) < 4.78 is 80.0. The highest BCUT2D eigenvalue weighted by molar-refractivity contribution is 6.33. The van der Waals surface area contributed by atoms with Gasteiger partial charge in [0.25, 0.3) is 5.91 Å². The molecule has 0 bridgehead atoms. The average Bonchev–Trinajstić information content (AvgIpc) is 2.86. The zero-order chi connectivity index (χ0) is 29.4. The molecule has 1 N–H and O–H groups in total. The molecule has 2 unspecified atom stereocenters. The van der Waals surface area contributed by atoms with E-state index in [1.54, 1.807) is 24.3 Å². The number of nitrogens with one attached hydrogen (secondary N) is 1. The van der Waals surface area contributed by atoms with Crippen LogP contribution in [0.1, 0.15) is 40.9 Å². The molecule has 1 saturated heterocycles. The van der Waals surface area contributed by atoms with Crippen LogP contribution < -0.4 is 10.2 Å². The largest absolute Gasteiger partial charge is 0.416 e. The van der Waals surface area contributed by atoms with Crippen LogP contribution >= 0.6 is 11.6 Å². The Morgan fingerprint density at radius 2 is 1.60 bits per heavy atom. The van der Waals surface area contributed by atoms with E-state index in [4.69, 9.17) is 11.6 Å². The first-order valence-electron chi connectivity index (χ1n) is 12.3. The second kappa shape index (κ2) is 11.2. The molecule has 1 aromatic heterocycles. The lowest BCUT2D eigenvalue weighted by Crippen LogP contribution is -2.54. The highest BCUT2D eigenvalue weighted by atomic mass is 35.5. The Morgan fingerprint density at radius 1 is 1.02 bits per heavy atom. The number of aromatic nitrogens is 2. The Labute approximate surface area is 232 Å². The standard InChI is InChI=1S/C27H26ClF6N5O/c1-15-12-39(13-16(2)36-15)25-35-11-21(23(37-25)20-6-4-5-7-22(20)28)24(40)38(3)14-17-8-18(26(29,30)31)10-19(9-17)27(32,33)34/h4-11,15-16,36H,12-14H2,1-3H3. The monoisotopic (exact) mass is 585 g/mol. The predicted octanol–water partition coefficient (Wildman–Crippen LogP) is 6.29. The minimum atomic E-state index is -5.00. The van der Waals surface area contributed by atoms with Gasteiger partial charge in [0.1, 0.15) is 0 Å². The number of anilines is 1. The molecule has 1 fully saturated rings. The molecular formula is C27H26ClF6N5O. The number of carbonyl (C=O) groups excluding carboxylic acids is 1. The lowest BCUT2D eigenvalue weighted by Gasteiger charge is -2.36. The van der Waals surface area contributed by atoms with Gasteiger partial charge in [-0.3, -0.25) is 4.79 Å². The maximum atomic E-state index is 13.5. The van der Waals surface area contributed by atoms with Gasteiger partial charge in [-0.25, -0.2) is 9.97 Å². The molecule has 4 rings (SSSR count). The maximum Gasteiger partial charge on any atom is 0.416 e. The van der Waals surface area contributed by atoms with Gasteiger partial charge in [-0.15, -0.1) is 0 Å². The number of carbonyl (C=O) groups is 1. The predicted molar refractivity (Wildman–Crippen MR) is 139 cm³/mol. The summed E-state index contributed by atoms with van der Waals surface area (Å²) in [5, 5.41) is 3.71. The van der Waals surface area contributed by atoms with Crippen molar-refractivity contribution >= 4 is 23.5 Å². The van der Waals surface area contributed by atoms with Crippen LogP contribution in [0.25, 0.3) is 11.3 Å². The first-order chi connectivity index (χ1) is 18.6. The summed E-state index contributed by atoms with van der Waals surface area (Å²) in [6.07, 6.45) is -8.69. The van der Waals surface area contributed by atoms with Crippen molar-refractivity contribution in [3.05, 3.63) is 75.9 Å². The van der Waals surface area contributed by atoms with Gasteiger partial charge in [-0.05, 0) is 43.7 Å². The van der Waals surface area contributed by atoms with E-state index in [1.807, 2.05) is 18.7 Å². The van der Waals surface area contributed by atoms with E-state index in [1.165, 1.54) is 13.2 Å². The maximum absolute atomic E-state index is 13.5. The lowest BCUT2D eigenvalue weighted by molar-refractivity contribution is -0.143. The molecule has 1 aliphatic rings. The normalized spacial score (nSPS) is 18.1. The van der Waals surface area contributed by atoms with Gasteiger partial charge in [0, 0.05) is 55.5 Å². The van der Waals surface area contributed by atoms with Crippen molar-refractivity contribution < 1.29 is 31.1 Å². The fourth-order valence-corrected chi connectivity index (χ4v) is 4.92. The third kappa shape index (κ3) is 6.67. The Kier molecular flexibility index (Phi) is 8.32. The second-order valence-electron chi connectivity index (χ2n) is 9.86.